The molecule has 0 bridgehead atoms. The van der Waals surface area contributed by atoms with Crippen molar-refractivity contribution in [1.29, 1.82) is 0 Å². The van der Waals surface area contributed by atoms with E-state index in [1.807, 2.05) is 6.92 Å². The summed E-state index contributed by atoms with van der Waals surface area (Å²) in [6.07, 6.45) is 4.83. The quantitative estimate of drug-likeness (QED) is 0.593. The van der Waals surface area contributed by atoms with Crippen LogP contribution in [0.5, 0.6) is 0 Å². The van der Waals surface area contributed by atoms with Crippen LogP contribution < -0.4 is 15.8 Å². The van der Waals surface area contributed by atoms with E-state index in [1.54, 1.807) is 0 Å². The molecule has 0 saturated heterocycles. The lowest BCUT2D eigenvalue weighted by molar-refractivity contribution is -0.128. The average molecular weight is 277 g/mol. The van der Waals surface area contributed by atoms with Crippen LogP contribution in [0.3, 0.4) is 0 Å². The average Bonchev–Trinajstić information content (AvgIpc) is 2.22. The van der Waals surface area contributed by atoms with Gasteiger partial charge in [-0.1, -0.05) is 12.8 Å². The maximum atomic E-state index is 12.0. The SMILES string of the molecule is CC1(N)CCCCC1C(=O)NCCNS(C)(=O)=O. The largest absolute Gasteiger partial charge is 0.354 e. The first-order chi connectivity index (χ1) is 8.22. The molecule has 106 valence electrons. The van der Waals surface area contributed by atoms with Crippen molar-refractivity contribution >= 4 is 15.9 Å². The van der Waals surface area contributed by atoms with Gasteiger partial charge in [-0.3, -0.25) is 4.79 Å². The Morgan fingerprint density at radius 2 is 2.06 bits per heavy atom. The van der Waals surface area contributed by atoms with Crippen LogP contribution in [0.15, 0.2) is 0 Å². The Bertz CT molecular complexity index is 392. The highest BCUT2D eigenvalue weighted by Crippen LogP contribution is 2.31. The van der Waals surface area contributed by atoms with Gasteiger partial charge in [-0.2, -0.15) is 0 Å². The minimum absolute atomic E-state index is 0.0741. The molecular weight excluding hydrogens is 254 g/mol. The van der Waals surface area contributed by atoms with Crippen molar-refractivity contribution in [2.45, 2.75) is 38.1 Å². The van der Waals surface area contributed by atoms with Crippen LogP contribution in [0, 0.1) is 5.92 Å². The maximum absolute atomic E-state index is 12.0. The Hall–Kier alpha value is -0.660. The summed E-state index contributed by atoms with van der Waals surface area (Å²) < 4.78 is 24.0. The number of sulfonamides is 1. The Morgan fingerprint density at radius 3 is 2.61 bits per heavy atom. The number of nitrogens with two attached hydrogens (primary N) is 1. The molecule has 1 fully saturated rings. The van der Waals surface area contributed by atoms with Crippen molar-refractivity contribution in [2.24, 2.45) is 11.7 Å². The van der Waals surface area contributed by atoms with Gasteiger partial charge >= 0.3 is 0 Å². The van der Waals surface area contributed by atoms with Gasteiger partial charge < -0.3 is 11.1 Å². The molecule has 6 nitrogen and oxygen atoms in total. The van der Waals surface area contributed by atoms with Gasteiger partial charge in [0, 0.05) is 18.6 Å². The number of hydrogen-bond acceptors (Lipinski definition) is 4. The Kier molecular flexibility index (Phi) is 5.12. The van der Waals surface area contributed by atoms with E-state index in [0.717, 1.165) is 31.9 Å². The van der Waals surface area contributed by atoms with E-state index < -0.39 is 15.6 Å². The lowest BCUT2D eigenvalue weighted by Crippen LogP contribution is -2.53. The highest BCUT2D eigenvalue weighted by Gasteiger charge is 2.37. The first-order valence-electron chi connectivity index (χ1n) is 6.23. The van der Waals surface area contributed by atoms with Crippen molar-refractivity contribution in [1.82, 2.24) is 10.0 Å². The van der Waals surface area contributed by atoms with Gasteiger partial charge in [-0.05, 0) is 19.8 Å². The number of nitrogens with one attached hydrogen (secondary N) is 2. The summed E-state index contributed by atoms with van der Waals surface area (Å²) in [5.41, 5.74) is 5.67. The van der Waals surface area contributed by atoms with E-state index >= 15 is 0 Å². The molecule has 1 aliphatic carbocycles. The Balaban J connectivity index is 2.36. The molecule has 4 N–H and O–H groups in total. The monoisotopic (exact) mass is 277 g/mol. The van der Waals surface area contributed by atoms with Gasteiger partial charge in [-0.15, -0.1) is 0 Å². The molecule has 0 aliphatic heterocycles. The van der Waals surface area contributed by atoms with Crippen molar-refractivity contribution < 1.29 is 13.2 Å². The Morgan fingerprint density at radius 1 is 1.39 bits per heavy atom. The summed E-state index contributed by atoms with van der Waals surface area (Å²) in [4.78, 5) is 12.0. The molecule has 1 aliphatic rings. The molecule has 7 heteroatoms. The molecule has 2 atom stereocenters. The fourth-order valence-electron chi connectivity index (χ4n) is 2.33. The highest BCUT2D eigenvalue weighted by molar-refractivity contribution is 7.88. The molecule has 0 aromatic rings. The van der Waals surface area contributed by atoms with E-state index in [0.29, 0.717) is 6.54 Å². The molecule has 0 heterocycles. The minimum atomic E-state index is -3.20. The van der Waals surface area contributed by atoms with Gasteiger partial charge in [0.2, 0.25) is 15.9 Å². The normalized spacial score (nSPS) is 28.9. The fourth-order valence-corrected chi connectivity index (χ4v) is 2.81. The van der Waals surface area contributed by atoms with Gasteiger partial charge in [0.1, 0.15) is 0 Å². The summed E-state index contributed by atoms with van der Waals surface area (Å²) in [6.45, 7) is 2.40. The second-order valence-corrected chi connectivity index (χ2v) is 7.09. The molecule has 1 amide bonds. The van der Waals surface area contributed by atoms with E-state index in [2.05, 4.69) is 10.0 Å². The van der Waals surface area contributed by atoms with Crippen LogP contribution in [0.2, 0.25) is 0 Å². The molecule has 2 unspecified atom stereocenters. The lowest BCUT2D eigenvalue weighted by Gasteiger charge is -2.37. The molecule has 0 spiro atoms. The summed E-state index contributed by atoms with van der Waals surface area (Å²) in [5.74, 6) is -0.250. The number of rotatable bonds is 5. The highest BCUT2D eigenvalue weighted by atomic mass is 32.2. The van der Waals surface area contributed by atoms with Gasteiger partial charge in [0.25, 0.3) is 0 Å². The zero-order chi connectivity index (χ0) is 13.8. The summed E-state index contributed by atoms with van der Waals surface area (Å²) in [6, 6.07) is 0. The molecular formula is C11H23N3O3S. The predicted octanol–water partition coefficient (Wildman–Crippen LogP) is -0.441. The second-order valence-electron chi connectivity index (χ2n) is 5.26. The van der Waals surface area contributed by atoms with Crippen molar-refractivity contribution in [3.63, 3.8) is 0 Å². The van der Waals surface area contributed by atoms with E-state index in [9.17, 15) is 13.2 Å². The fraction of sp³-hybridized carbons (Fsp3) is 0.909. The maximum Gasteiger partial charge on any atom is 0.225 e. The van der Waals surface area contributed by atoms with Gasteiger partial charge in [0.15, 0.2) is 0 Å². The first-order valence-corrected chi connectivity index (χ1v) is 8.13. The van der Waals surface area contributed by atoms with Gasteiger partial charge in [0.05, 0.1) is 12.2 Å². The van der Waals surface area contributed by atoms with E-state index in [-0.39, 0.29) is 18.4 Å². The van der Waals surface area contributed by atoms with Crippen LogP contribution in [0.25, 0.3) is 0 Å². The van der Waals surface area contributed by atoms with Crippen molar-refractivity contribution in [3.05, 3.63) is 0 Å². The number of carbonyl (C=O) groups excluding carboxylic acids is 1. The lowest BCUT2D eigenvalue weighted by atomic mass is 9.74. The molecule has 1 rings (SSSR count). The number of amides is 1. The third kappa shape index (κ3) is 4.91. The minimum Gasteiger partial charge on any atom is -0.354 e. The third-order valence-corrected chi connectivity index (χ3v) is 4.09. The van der Waals surface area contributed by atoms with Crippen LogP contribution >= 0.6 is 0 Å². The zero-order valence-electron chi connectivity index (χ0n) is 11.0. The summed E-state index contributed by atoms with van der Waals surface area (Å²) >= 11 is 0. The number of carbonyl (C=O) groups is 1. The van der Waals surface area contributed by atoms with Crippen molar-refractivity contribution in [2.75, 3.05) is 19.3 Å². The van der Waals surface area contributed by atoms with Crippen molar-refractivity contribution in [3.8, 4) is 0 Å². The molecule has 1 saturated carbocycles. The van der Waals surface area contributed by atoms with Crippen LogP contribution in [-0.4, -0.2) is 39.2 Å². The molecule has 0 radical (unpaired) electrons. The topological polar surface area (TPSA) is 101 Å². The summed E-state index contributed by atoms with van der Waals surface area (Å²) in [7, 11) is -3.20. The number of hydrogen-bond donors (Lipinski definition) is 3. The van der Waals surface area contributed by atoms with Crippen LogP contribution in [0.4, 0.5) is 0 Å². The standard InChI is InChI=1S/C11H23N3O3S/c1-11(12)6-4-3-5-9(11)10(15)13-7-8-14-18(2,16)17/h9,14H,3-8,12H2,1-2H3,(H,13,15). The second kappa shape index (κ2) is 5.99. The molecule has 0 aromatic heterocycles. The molecule has 0 aromatic carbocycles. The van der Waals surface area contributed by atoms with Crippen LogP contribution in [-0.2, 0) is 14.8 Å². The third-order valence-electron chi connectivity index (χ3n) is 3.36. The van der Waals surface area contributed by atoms with E-state index in [1.165, 1.54) is 0 Å². The Labute approximate surface area is 109 Å². The van der Waals surface area contributed by atoms with E-state index in [4.69, 9.17) is 5.73 Å². The summed E-state index contributed by atoms with van der Waals surface area (Å²) in [5, 5.41) is 2.73. The predicted molar refractivity (Wildman–Crippen MR) is 70.4 cm³/mol. The molecule has 18 heavy (non-hydrogen) atoms. The smallest absolute Gasteiger partial charge is 0.225 e. The first kappa shape index (κ1) is 15.4. The zero-order valence-corrected chi connectivity index (χ0v) is 11.8. The van der Waals surface area contributed by atoms with Gasteiger partial charge in [-0.25, -0.2) is 13.1 Å². The van der Waals surface area contributed by atoms with Crippen LogP contribution in [0.1, 0.15) is 32.6 Å².